The molecule has 1 atom stereocenters. The van der Waals surface area contributed by atoms with Crippen LogP contribution in [0.1, 0.15) is 18.5 Å². The van der Waals surface area contributed by atoms with Crippen LogP contribution in [0.2, 0.25) is 0 Å². The van der Waals surface area contributed by atoms with Gasteiger partial charge in [-0.15, -0.1) is 0 Å². The minimum Gasteiger partial charge on any atom is -0.264 e. The Labute approximate surface area is 129 Å². The van der Waals surface area contributed by atoms with E-state index in [1.165, 1.54) is 6.20 Å². The van der Waals surface area contributed by atoms with Crippen molar-refractivity contribution in [3.63, 3.8) is 0 Å². The highest BCUT2D eigenvalue weighted by Crippen LogP contribution is 2.27. The number of benzene rings is 1. The number of rotatable bonds is 4. The molecule has 0 fully saturated rings. The molecule has 0 saturated heterocycles. The van der Waals surface area contributed by atoms with Crippen molar-refractivity contribution in [2.24, 2.45) is 0 Å². The first-order valence-corrected chi connectivity index (χ1v) is 8.15. The van der Waals surface area contributed by atoms with E-state index in [2.05, 4.69) is 25.6 Å². The van der Waals surface area contributed by atoms with Crippen LogP contribution in [0, 0.1) is 11.6 Å². The summed E-state index contributed by atoms with van der Waals surface area (Å²) in [7, 11) is -4.15. The number of nitrogens with zero attached hydrogens (tertiary/aromatic N) is 1. The Morgan fingerprint density at radius 2 is 2.05 bits per heavy atom. The minimum atomic E-state index is -4.15. The van der Waals surface area contributed by atoms with Crippen LogP contribution < -0.4 is 4.72 Å². The van der Waals surface area contributed by atoms with Gasteiger partial charge in [0.05, 0.1) is 0 Å². The van der Waals surface area contributed by atoms with Gasteiger partial charge in [0.25, 0.3) is 0 Å². The smallest absolute Gasteiger partial charge is 0.245 e. The van der Waals surface area contributed by atoms with Crippen molar-refractivity contribution in [1.29, 1.82) is 0 Å². The Morgan fingerprint density at radius 3 is 2.62 bits per heavy atom. The molecule has 0 amide bonds. The zero-order chi connectivity index (χ0) is 15.6. The van der Waals surface area contributed by atoms with Crippen molar-refractivity contribution in [1.82, 2.24) is 9.71 Å². The number of sulfonamides is 1. The van der Waals surface area contributed by atoms with Gasteiger partial charge < -0.3 is 0 Å². The SMILES string of the molecule is CC(NS(=O)(=O)c1c(F)cc(F)cc1Br)c1cccnc1. The number of aromatic nitrogens is 1. The number of pyridine rings is 1. The van der Waals surface area contributed by atoms with Crippen LogP contribution in [0.4, 0.5) is 8.78 Å². The first kappa shape index (κ1) is 16.0. The molecule has 1 aromatic carbocycles. The molecular weight excluding hydrogens is 366 g/mol. The van der Waals surface area contributed by atoms with Crippen molar-refractivity contribution < 1.29 is 17.2 Å². The minimum absolute atomic E-state index is 0.175. The Kier molecular flexibility index (Phi) is 4.70. The molecule has 8 heteroatoms. The lowest BCUT2D eigenvalue weighted by atomic mass is 10.2. The fourth-order valence-electron chi connectivity index (χ4n) is 1.78. The molecule has 21 heavy (non-hydrogen) atoms. The van der Waals surface area contributed by atoms with E-state index in [1.807, 2.05) is 0 Å². The van der Waals surface area contributed by atoms with Crippen molar-refractivity contribution in [2.45, 2.75) is 17.9 Å². The second-order valence-electron chi connectivity index (χ2n) is 4.33. The molecule has 1 heterocycles. The van der Waals surface area contributed by atoms with Crippen LogP contribution in [0.15, 0.2) is 46.0 Å². The van der Waals surface area contributed by atoms with Crippen molar-refractivity contribution in [3.8, 4) is 0 Å². The Hall–Kier alpha value is -1.38. The molecule has 2 rings (SSSR count). The van der Waals surface area contributed by atoms with Gasteiger partial charge in [-0.1, -0.05) is 6.07 Å². The molecule has 0 bridgehead atoms. The highest BCUT2D eigenvalue weighted by atomic mass is 79.9. The van der Waals surface area contributed by atoms with Gasteiger partial charge in [-0.25, -0.2) is 21.9 Å². The van der Waals surface area contributed by atoms with Crippen LogP contribution in [0.3, 0.4) is 0 Å². The lowest BCUT2D eigenvalue weighted by Gasteiger charge is -2.15. The summed E-state index contributed by atoms with van der Waals surface area (Å²) in [4.78, 5) is 3.26. The quantitative estimate of drug-likeness (QED) is 0.891. The predicted molar refractivity (Wildman–Crippen MR) is 77.0 cm³/mol. The van der Waals surface area contributed by atoms with Crippen LogP contribution in [0.5, 0.6) is 0 Å². The third-order valence-electron chi connectivity index (χ3n) is 2.75. The predicted octanol–water partition coefficient (Wildman–Crippen LogP) is 3.16. The summed E-state index contributed by atoms with van der Waals surface area (Å²) in [6, 6.07) is 4.16. The molecule has 0 aliphatic heterocycles. The zero-order valence-corrected chi connectivity index (χ0v) is 13.2. The molecule has 2 aromatic rings. The first-order valence-electron chi connectivity index (χ1n) is 5.88. The summed E-state index contributed by atoms with van der Waals surface area (Å²) in [5, 5.41) is 0. The van der Waals surface area contributed by atoms with Crippen LogP contribution in [-0.2, 0) is 10.0 Å². The number of hydrogen-bond acceptors (Lipinski definition) is 3. The highest BCUT2D eigenvalue weighted by Gasteiger charge is 2.25. The monoisotopic (exact) mass is 376 g/mol. The summed E-state index contributed by atoms with van der Waals surface area (Å²) in [6.45, 7) is 1.60. The number of hydrogen-bond donors (Lipinski definition) is 1. The van der Waals surface area contributed by atoms with Crippen LogP contribution in [0.25, 0.3) is 0 Å². The van der Waals surface area contributed by atoms with Gasteiger partial charge in [0.2, 0.25) is 10.0 Å². The lowest BCUT2D eigenvalue weighted by molar-refractivity contribution is 0.534. The fourth-order valence-corrected chi connectivity index (χ4v) is 4.18. The molecule has 1 aromatic heterocycles. The third-order valence-corrected chi connectivity index (χ3v) is 5.25. The summed E-state index contributed by atoms with van der Waals surface area (Å²) in [5.41, 5.74) is 0.625. The van der Waals surface area contributed by atoms with E-state index in [0.29, 0.717) is 11.6 Å². The normalized spacial score (nSPS) is 13.1. The van der Waals surface area contributed by atoms with E-state index in [9.17, 15) is 17.2 Å². The van der Waals surface area contributed by atoms with Gasteiger partial charge in [-0.05, 0) is 40.5 Å². The molecular formula is C13H11BrF2N2O2S. The number of nitrogens with one attached hydrogen (secondary N) is 1. The average Bonchev–Trinajstić information content (AvgIpc) is 2.37. The van der Waals surface area contributed by atoms with E-state index in [1.54, 1.807) is 25.3 Å². The van der Waals surface area contributed by atoms with Gasteiger partial charge in [-0.3, -0.25) is 4.98 Å². The van der Waals surface area contributed by atoms with Gasteiger partial charge in [0.15, 0.2) is 0 Å². The highest BCUT2D eigenvalue weighted by molar-refractivity contribution is 9.10. The summed E-state index contributed by atoms with van der Waals surface area (Å²) >= 11 is 2.87. The summed E-state index contributed by atoms with van der Waals surface area (Å²) in [6.07, 6.45) is 3.06. The van der Waals surface area contributed by atoms with Gasteiger partial charge in [0.1, 0.15) is 16.5 Å². The maximum atomic E-state index is 13.8. The molecule has 0 aliphatic carbocycles. The Morgan fingerprint density at radius 1 is 1.33 bits per heavy atom. The second-order valence-corrected chi connectivity index (χ2v) is 6.83. The van der Waals surface area contributed by atoms with E-state index in [0.717, 1.165) is 6.07 Å². The van der Waals surface area contributed by atoms with Crippen LogP contribution in [-0.4, -0.2) is 13.4 Å². The molecule has 1 N–H and O–H groups in total. The van der Waals surface area contributed by atoms with Gasteiger partial charge in [0, 0.05) is 29.0 Å². The maximum Gasteiger partial charge on any atom is 0.245 e. The standard InChI is InChI=1S/C13H11BrF2N2O2S/c1-8(9-3-2-4-17-7-9)18-21(19,20)13-11(14)5-10(15)6-12(13)16/h2-8,18H,1H3. The largest absolute Gasteiger partial charge is 0.264 e. The lowest BCUT2D eigenvalue weighted by Crippen LogP contribution is -2.28. The second kappa shape index (κ2) is 6.17. The van der Waals surface area contributed by atoms with Crippen molar-refractivity contribution >= 4 is 26.0 Å². The first-order chi connectivity index (χ1) is 9.81. The van der Waals surface area contributed by atoms with Crippen LogP contribution >= 0.6 is 15.9 Å². The Balaban J connectivity index is 2.36. The average molecular weight is 377 g/mol. The molecule has 112 valence electrons. The van der Waals surface area contributed by atoms with Gasteiger partial charge in [-0.2, -0.15) is 0 Å². The van der Waals surface area contributed by atoms with Crippen molar-refractivity contribution in [2.75, 3.05) is 0 Å². The van der Waals surface area contributed by atoms with E-state index < -0.39 is 32.6 Å². The fraction of sp³-hybridized carbons (Fsp3) is 0.154. The summed E-state index contributed by atoms with van der Waals surface area (Å²) < 4.78 is 53.4. The van der Waals surface area contributed by atoms with E-state index >= 15 is 0 Å². The van der Waals surface area contributed by atoms with E-state index in [-0.39, 0.29) is 4.47 Å². The molecule has 0 spiro atoms. The number of halogens is 3. The Bertz CT molecular complexity index is 731. The topological polar surface area (TPSA) is 59.1 Å². The maximum absolute atomic E-state index is 13.8. The molecule has 0 radical (unpaired) electrons. The zero-order valence-electron chi connectivity index (χ0n) is 10.8. The molecule has 4 nitrogen and oxygen atoms in total. The molecule has 0 saturated carbocycles. The molecule has 0 aliphatic rings. The van der Waals surface area contributed by atoms with Crippen molar-refractivity contribution in [3.05, 3.63) is 58.3 Å². The summed E-state index contributed by atoms with van der Waals surface area (Å²) in [5.74, 6) is -2.02. The third kappa shape index (κ3) is 3.63. The van der Waals surface area contributed by atoms with Gasteiger partial charge >= 0.3 is 0 Å². The van der Waals surface area contributed by atoms with E-state index in [4.69, 9.17) is 0 Å². The molecule has 1 unspecified atom stereocenters.